The standard InChI is InChI=1S/C18H26N4OS/c1-2-9-22-16(14-15(20-22)17-7-6-13-24-17)18(23)19-8-12-21-10-4-3-5-11-21/h6-7,13-14H,2-5,8-12H2,1H3,(H,19,23). The molecule has 6 heteroatoms. The summed E-state index contributed by atoms with van der Waals surface area (Å²) in [5, 5.41) is 9.72. The van der Waals surface area contributed by atoms with Crippen molar-refractivity contribution >= 4 is 17.2 Å². The molecule has 2 aromatic rings. The fourth-order valence-electron chi connectivity index (χ4n) is 3.13. The van der Waals surface area contributed by atoms with Crippen molar-refractivity contribution < 1.29 is 4.79 Å². The van der Waals surface area contributed by atoms with Gasteiger partial charge in [0.1, 0.15) is 11.4 Å². The lowest BCUT2D eigenvalue weighted by atomic mass is 10.1. The van der Waals surface area contributed by atoms with Crippen molar-refractivity contribution in [2.75, 3.05) is 26.2 Å². The van der Waals surface area contributed by atoms with Gasteiger partial charge in [0.05, 0.1) is 4.88 Å². The van der Waals surface area contributed by atoms with E-state index in [1.807, 2.05) is 28.3 Å². The number of aryl methyl sites for hydroxylation is 1. The highest BCUT2D eigenvalue weighted by Gasteiger charge is 2.17. The quantitative estimate of drug-likeness (QED) is 0.837. The zero-order valence-electron chi connectivity index (χ0n) is 14.3. The van der Waals surface area contributed by atoms with Crippen LogP contribution < -0.4 is 5.32 Å². The minimum Gasteiger partial charge on any atom is -0.349 e. The predicted octanol–water partition coefficient (Wildman–Crippen LogP) is 3.24. The van der Waals surface area contributed by atoms with E-state index in [-0.39, 0.29) is 5.91 Å². The lowest BCUT2D eigenvalue weighted by Gasteiger charge is -2.26. The van der Waals surface area contributed by atoms with Crippen LogP contribution >= 0.6 is 11.3 Å². The molecule has 1 aliphatic rings. The molecule has 1 fully saturated rings. The summed E-state index contributed by atoms with van der Waals surface area (Å²) >= 11 is 1.65. The number of hydrogen-bond donors (Lipinski definition) is 1. The van der Waals surface area contributed by atoms with Crippen LogP contribution in [0.15, 0.2) is 23.6 Å². The molecule has 3 heterocycles. The Morgan fingerprint density at radius 3 is 2.83 bits per heavy atom. The van der Waals surface area contributed by atoms with Gasteiger partial charge in [-0.25, -0.2) is 0 Å². The molecule has 0 unspecified atom stereocenters. The number of nitrogens with zero attached hydrogens (tertiary/aromatic N) is 3. The maximum absolute atomic E-state index is 12.6. The summed E-state index contributed by atoms with van der Waals surface area (Å²) < 4.78 is 1.84. The molecular formula is C18H26N4OS. The molecule has 0 aliphatic carbocycles. The molecule has 0 saturated carbocycles. The van der Waals surface area contributed by atoms with Gasteiger partial charge in [-0.3, -0.25) is 9.48 Å². The monoisotopic (exact) mass is 346 g/mol. The Kier molecular flexibility index (Phi) is 6.04. The van der Waals surface area contributed by atoms with Gasteiger partial charge < -0.3 is 10.2 Å². The summed E-state index contributed by atoms with van der Waals surface area (Å²) in [6.07, 6.45) is 4.85. The molecule has 1 saturated heterocycles. The number of aromatic nitrogens is 2. The highest BCUT2D eigenvalue weighted by atomic mass is 32.1. The molecule has 0 atom stereocenters. The van der Waals surface area contributed by atoms with Gasteiger partial charge in [-0.15, -0.1) is 11.3 Å². The first-order valence-corrected chi connectivity index (χ1v) is 9.78. The normalized spacial score (nSPS) is 15.5. The van der Waals surface area contributed by atoms with Gasteiger partial charge in [0.15, 0.2) is 0 Å². The van der Waals surface area contributed by atoms with E-state index < -0.39 is 0 Å². The number of carbonyl (C=O) groups excluding carboxylic acids is 1. The van der Waals surface area contributed by atoms with Crippen molar-refractivity contribution in [1.82, 2.24) is 20.0 Å². The second kappa shape index (κ2) is 8.44. The topological polar surface area (TPSA) is 50.2 Å². The number of nitrogens with one attached hydrogen (secondary N) is 1. The minimum absolute atomic E-state index is 0.0178. The first-order valence-electron chi connectivity index (χ1n) is 8.90. The Bertz CT molecular complexity index is 644. The van der Waals surface area contributed by atoms with Gasteiger partial charge in [0, 0.05) is 19.6 Å². The third-order valence-electron chi connectivity index (χ3n) is 4.38. The summed E-state index contributed by atoms with van der Waals surface area (Å²) in [6.45, 7) is 6.82. The summed E-state index contributed by atoms with van der Waals surface area (Å²) in [6, 6.07) is 5.97. The van der Waals surface area contributed by atoms with E-state index in [9.17, 15) is 4.79 Å². The summed E-state index contributed by atoms with van der Waals surface area (Å²) in [5.74, 6) is -0.0178. The van der Waals surface area contributed by atoms with Crippen LogP contribution in [0.1, 0.15) is 43.1 Å². The molecule has 130 valence electrons. The van der Waals surface area contributed by atoms with Crippen LogP contribution in [0.2, 0.25) is 0 Å². The summed E-state index contributed by atoms with van der Waals surface area (Å²) in [5.41, 5.74) is 1.55. The maximum Gasteiger partial charge on any atom is 0.269 e. The lowest BCUT2D eigenvalue weighted by molar-refractivity contribution is 0.0935. The molecule has 3 rings (SSSR count). The highest BCUT2D eigenvalue weighted by Crippen LogP contribution is 2.24. The van der Waals surface area contributed by atoms with Crippen molar-refractivity contribution in [3.05, 3.63) is 29.3 Å². The largest absolute Gasteiger partial charge is 0.349 e. The third-order valence-corrected chi connectivity index (χ3v) is 5.28. The average Bonchev–Trinajstić information content (AvgIpc) is 3.25. The molecule has 1 N–H and O–H groups in total. The minimum atomic E-state index is -0.0178. The molecule has 1 aliphatic heterocycles. The second-order valence-electron chi connectivity index (χ2n) is 6.27. The van der Waals surface area contributed by atoms with Crippen molar-refractivity contribution in [3.8, 4) is 10.6 Å². The lowest BCUT2D eigenvalue weighted by Crippen LogP contribution is -2.38. The van der Waals surface area contributed by atoms with E-state index in [2.05, 4.69) is 22.2 Å². The van der Waals surface area contributed by atoms with Crippen molar-refractivity contribution in [3.63, 3.8) is 0 Å². The van der Waals surface area contributed by atoms with Crippen LogP contribution in [0.5, 0.6) is 0 Å². The van der Waals surface area contributed by atoms with Gasteiger partial charge in [-0.1, -0.05) is 19.4 Å². The van der Waals surface area contributed by atoms with Gasteiger partial charge in [0.25, 0.3) is 5.91 Å². The predicted molar refractivity (Wildman–Crippen MR) is 98.5 cm³/mol. The zero-order valence-corrected chi connectivity index (χ0v) is 15.1. The number of hydrogen-bond acceptors (Lipinski definition) is 4. The van der Waals surface area contributed by atoms with Gasteiger partial charge in [-0.05, 0) is 49.9 Å². The first kappa shape index (κ1) is 17.2. The molecule has 24 heavy (non-hydrogen) atoms. The van der Waals surface area contributed by atoms with E-state index in [1.165, 1.54) is 19.3 Å². The van der Waals surface area contributed by atoms with Crippen molar-refractivity contribution in [2.45, 2.75) is 39.2 Å². The molecule has 5 nitrogen and oxygen atoms in total. The summed E-state index contributed by atoms with van der Waals surface area (Å²) in [4.78, 5) is 16.1. The Balaban J connectivity index is 1.62. The van der Waals surface area contributed by atoms with Crippen LogP contribution in [0, 0.1) is 0 Å². The zero-order chi connectivity index (χ0) is 16.8. The molecule has 0 radical (unpaired) electrons. The van der Waals surface area contributed by atoms with Crippen LogP contribution in [0.4, 0.5) is 0 Å². The van der Waals surface area contributed by atoms with Crippen molar-refractivity contribution in [2.24, 2.45) is 0 Å². The second-order valence-corrected chi connectivity index (χ2v) is 7.22. The van der Waals surface area contributed by atoms with E-state index in [0.29, 0.717) is 12.2 Å². The van der Waals surface area contributed by atoms with E-state index in [1.54, 1.807) is 11.3 Å². The van der Waals surface area contributed by atoms with Gasteiger partial charge in [-0.2, -0.15) is 5.10 Å². The van der Waals surface area contributed by atoms with Crippen LogP contribution in [0.25, 0.3) is 10.6 Å². The number of thiophene rings is 1. The molecule has 1 amide bonds. The average molecular weight is 347 g/mol. The Labute approximate surface area is 147 Å². The SMILES string of the molecule is CCCn1nc(-c2cccs2)cc1C(=O)NCCN1CCCCC1. The number of rotatable bonds is 7. The fourth-order valence-corrected chi connectivity index (χ4v) is 3.81. The first-order chi connectivity index (χ1) is 11.8. The molecule has 0 bridgehead atoms. The Morgan fingerprint density at radius 1 is 1.29 bits per heavy atom. The van der Waals surface area contributed by atoms with Crippen LogP contribution in [0.3, 0.4) is 0 Å². The molecule has 0 spiro atoms. The van der Waals surface area contributed by atoms with E-state index in [4.69, 9.17) is 0 Å². The Morgan fingerprint density at radius 2 is 2.12 bits per heavy atom. The Hall–Kier alpha value is -1.66. The molecule has 0 aromatic carbocycles. The number of carbonyl (C=O) groups is 1. The van der Waals surface area contributed by atoms with E-state index >= 15 is 0 Å². The van der Waals surface area contributed by atoms with Gasteiger partial charge >= 0.3 is 0 Å². The number of likely N-dealkylation sites (tertiary alicyclic amines) is 1. The fraction of sp³-hybridized carbons (Fsp3) is 0.556. The smallest absolute Gasteiger partial charge is 0.269 e. The molecule has 2 aromatic heterocycles. The molecular weight excluding hydrogens is 320 g/mol. The number of piperidine rings is 1. The van der Waals surface area contributed by atoms with Gasteiger partial charge in [0.2, 0.25) is 0 Å². The third kappa shape index (κ3) is 4.24. The maximum atomic E-state index is 12.6. The van der Waals surface area contributed by atoms with Crippen LogP contribution in [-0.4, -0.2) is 46.8 Å². The summed E-state index contributed by atoms with van der Waals surface area (Å²) in [7, 11) is 0. The van der Waals surface area contributed by atoms with E-state index in [0.717, 1.165) is 43.2 Å². The van der Waals surface area contributed by atoms with Crippen LogP contribution in [-0.2, 0) is 6.54 Å². The number of amides is 1. The van der Waals surface area contributed by atoms with Crippen molar-refractivity contribution in [1.29, 1.82) is 0 Å². The highest BCUT2D eigenvalue weighted by molar-refractivity contribution is 7.13.